The normalized spacial score (nSPS) is 35.0. The summed E-state index contributed by atoms with van der Waals surface area (Å²) in [6.07, 6.45) is 6.55. The Bertz CT molecular complexity index is 1700. The first-order chi connectivity index (χ1) is 20.7. The number of piperidine rings is 1. The van der Waals surface area contributed by atoms with Gasteiger partial charge in [0, 0.05) is 36.2 Å². The molecule has 2 amide bonds. The van der Waals surface area contributed by atoms with Crippen LogP contribution in [-0.2, 0) is 32.0 Å². The lowest BCUT2D eigenvalue weighted by Gasteiger charge is -2.46. The predicted octanol–water partition coefficient (Wildman–Crippen LogP) is 2.64. The second kappa shape index (κ2) is 9.35. The molecule has 43 heavy (non-hydrogen) atoms. The van der Waals surface area contributed by atoms with Gasteiger partial charge in [-0.05, 0) is 68.0 Å². The molecule has 0 bridgehead atoms. The number of carbonyl (C=O) groups excluding carboxylic acids is 3. The number of rotatable bonds is 4. The molecule has 5 heterocycles. The van der Waals surface area contributed by atoms with E-state index in [2.05, 4.69) is 33.5 Å². The van der Waals surface area contributed by atoms with Gasteiger partial charge in [0.15, 0.2) is 11.6 Å². The number of ketones is 1. The summed E-state index contributed by atoms with van der Waals surface area (Å²) in [6.45, 7) is 2.53. The number of hydrogen-bond donors (Lipinski definition) is 3. The van der Waals surface area contributed by atoms with Gasteiger partial charge >= 0.3 is 0 Å². The summed E-state index contributed by atoms with van der Waals surface area (Å²) in [7, 11) is 2.03. The third kappa shape index (κ3) is 3.84. The van der Waals surface area contributed by atoms with Crippen molar-refractivity contribution in [2.45, 2.75) is 56.2 Å². The number of benzene rings is 2. The number of aromatic amines is 1. The summed E-state index contributed by atoms with van der Waals surface area (Å²) in [6, 6.07) is 15.3. The summed E-state index contributed by atoms with van der Waals surface area (Å²) in [5, 5.41) is 16.2. The van der Waals surface area contributed by atoms with E-state index in [0.29, 0.717) is 25.9 Å². The highest BCUT2D eigenvalue weighted by Gasteiger charge is 2.71. The van der Waals surface area contributed by atoms with E-state index in [9.17, 15) is 19.5 Å². The van der Waals surface area contributed by atoms with Crippen molar-refractivity contribution in [2.75, 3.05) is 20.1 Å². The van der Waals surface area contributed by atoms with Gasteiger partial charge in [0.05, 0.1) is 23.8 Å². The molecule has 1 unspecified atom stereocenters. The Balaban J connectivity index is 1.11. The van der Waals surface area contributed by atoms with Crippen molar-refractivity contribution in [2.24, 2.45) is 17.8 Å². The summed E-state index contributed by atoms with van der Waals surface area (Å²) in [5.74, 6) is -5.18. The van der Waals surface area contributed by atoms with Crippen molar-refractivity contribution in [3.63, 3.8) is 0 Å². The minimum Gasteiger partial charge on any atom is -0.363 e. The van der Waals surface area contributed by atoms with E-state index in [1.807, 2.05) is 49.5 Å². The molecule has 7 atom stereocenters. The Morgan fingerprint density at radius 3 is 2.79 bits per heavy atom. The number of Topliss-reactive ketones (excluding diaryl/α,β-unsaturated/α-hetero) is 1. The van der Waals surface area contributed by atoms with E-state index in [-0.39, 0.29) is 17.9 Å². The topological polar surface area (TPSA) is 115 Å². The van der Waals surface area contributed by atoms with E-state index < -0.39 is 41.1 Å². The van der Waals surface area contributed by atoms with E-state index in [1.54, 1.807) is 4.90 Å². The lowest BCUT2D eigenvalue weighted by molar-refractivity contribution is -0.281. The molecule has 5 aliphatic rings. The molecule has 9 nitrogen and oxygen atoms in total. The minimum absolute atomic E-state index is 0.131. The fraction of sp³-hybridized carbons (Fsp3) is 0.441. The molecule has 8 rings (SSSR count). The van der Waals surface area contributed by atoms with Gasteiger partial charge < -0.3 is 25.0 Å². The number of H-pyrrole nitrogens is 1. The maximum Gasteiger partial charge on any atom is 0.230 e. The monoisotopic (exact) mass is 580 g/mol. The number of aromatic nitrogens is 1. The molecular formula is C34H36N4O5. The SMILES string of the molecule is CN1C[C@H](C(=O)N[C@]2(C)O[C@]3(O)C(C2=O)[C@@H](Cc2ccccc2)C(=O)N2CCC[C@H]23)C=C2c3cccc4[nH]cc(c34)C[C@H]21. The zero-order valence-corrected chi connectivity index (χ0v) is 24.4. The molecule has 2 aromatic carbocycles. The molecule has 3 fully saturated rings. The van der Waals surface area contributed by atoms with Crippen LogP contribution in [0.15, 0.2) is 60.8 Å². The number of nitrogens with zero attached hydrogens (tertiary/aromatic N) is 2. The van der Waals surface area contributed by atoms with Gasteiger partial charge in [-0.1, -0.05) is 48.5 Å². The maximum atomic E-state index is 14.2. The Morgan fingerprint density at radius 1 is 1.16 bits per heavy atom. The van der Waals surface area contributed by atoms with Crippen LogP contribution in [0.2, 0.25) is 0 Å². The summed E-state index contributed by atoms with van der Waals surface area (Å²) in [4.78, 5) is 49.2. The zero-order chi connectivity index (χ0) is 29.7. The number of aliphatic hydroxyl groups is 1. The number of hydrogen-bond acceptors (Lipinski definition) is 6. The number of nitrogens with one attached hydrogen (secondary N) is 2. The lowest BCUT2D eigenvalue weighted by atomic mass is 9.72. The van der Waals surface area contributed by atoms with Crippen LogP contribution >= 0.6 is 0 Å². The number of carbonyl (C=O) groups is 3. The van der Waals surface area contributed by atoms with Gasteiger partial charge in [0.1, 0.15) is 0 Å². The Morgan fingerprint density at radius 2 is 1.98 bits per heavy atom. The Kier molecular flexibility index (Phi) is 5.83. The van der Waals surface area contributed by atoms with E-state index in [4.69, 9.17) is 4.74 Å². The van der Waals surface area contributed by atoms with E-state index >= 15 is 0 Å². The molecule has 0 spiro atoms. The van der Waals surface area contributed by atoms with Crippen LogP contribution in [0.5, 0.6) is 0 Å². The van der Waals surface area contributed by atoms with Gasteiger partial charge in [-0.2, -0.15) is 0 Å². The predicted molar refractivity (Wildman–Crippen MR) is 159 cm³/mol. The Labute approximate surface area is 249 Å². The molecule has 1 aliphatic carbocycles. The van der Waals surface area contributed by atoms with Crippen LogP contribution in [0.4, 0.5) is 0 Å². The third-order valence-corrected chi connectivity index (χ3v) is 10.6. The highest BCUT2D eigenvalue weighted by atomic mass is 16.7. The van der Waals surface area contributed by atoms with E-state index in [1.165, 1.54) is 17.9 Å². The second-order valence-corrected chi connectivity index (χ2v) is 13.1. The van der Waals surface area contributed by atoms with E-state index in [0.717, 1.165) is 35.1 Å². The first-order valence-corrected chi connectivity index (χ1v) is 15.3. The van der Waals surface area contributed by atoms with Crippen LogP contribution in [0.3, 0.4) is 0 Å². The highest BCUT2D eigenvalue weighted by Crippen LogP contribution is 2.51. The van der Waals surface area contributed by atoms with Crippen molar-refractivity contribution in [3.05, 3.63) is 77.5 Å². The largest absolute Gasteiger partial charge is 0.363 e. The third-order valence-electron chi connectivity index (χ3n) is 10.6. The van der Waals surface area contributed by atoms with Crippen molar-refractivity contribution in [3.8, 4) is 0 Å². The van der Waals surface area contributed by atoms with Gasteiger partial charge in [-0.25, -0.2) is 0 Å². The lowest BCUT2D eigenvalue weighted by Crippen LogP contribution is -2.64. The molecule has 0 saturated carbocycles. The number of amides is 2. The van der Waals surface area contributed by atoms with Gasteiger partial charge in [-0.3, -0.25) is 19.3 Å². The second-order valence-electron chi connectivity index (χ2n) is 13.1. The zero-order valence-electron chi connectivity index (χ0n) is 24.4. The van der Waals surface area contributed by atoms with Crippen LogP contribution in [0.1, 0.15) is 36.5 Å². The molecular weight excluding hydrogens is 544 g/mol. The number of ether oxygens (including phenoxy) is 1. The number of likely N-dealkylation sites (N-methyl/N-ethyl adjacent to an activating group) is 1. The Hall–Kier alpha value is -3.79. The molecule has 1 aromatic heterocycles. The van der Waals surface area contributed by atoms with Crippen LogP contribution in [0.25, 0.3) is 16.5 Å². The van der Waals surface area contributed by atoms with Crippen LogP contribution < -0.4 is 5.32 Å². The average Bonchev–Trinajstić information content (AvgIpc) is 3.70. The molecule has 222 valence electrons. The quantitative estimate of drug-likeness (QED) is 0.437. The van der Waals surface area contributed by atoms with Crippen molar-refractivity contribution < 1.29 is 24.2 Å². The van der Waals surface area contributed by atoms with Crippen LogP contribution in [-0.4, -0.2) is 81.2 Å². The molecule has 4 aliphatic heterocycles. The summed E-state index contributed by atoms with van der Waals surface area (Å²) in [5.41, 5.74) is 3.73. The summed E-state index contributed by atoms with van der Waals surface area (Å²) >= 11 is 0. The standard InChI is InChI=1S/C34H36N4O5/c1-33(36-31(40)21-15-23-22-10-6-11-25-28(22)20(17-35-25)16-26(23)37(2)18-21)30(39)29-24(14-19-8-4-3-5-9-19)32(41)38-13-7-12-27(38)34(29,42)43-33/h3-6,8-11,15,17,21,24,26-27,29,35,42H,7,12-14,16,18H2,1-2H3,(H,36,40)/t21-,24-,26-,27+,29?,33-,34+/m1/s1. The van der Waals surface area contributed by atoms with Crippen molar-refractivity contribution in [1.29, 1.82) is 0 Å². The van der Waals surface area contributed by atoms with Crippen LogP contribution in [0, 0.1) is 17.8 Å². The molecule has 3 saturated heterocycles. The first kappa shape index (κ1) is 26.8. The highest BCUT2D eigenvalue weighted by molar-refractivity contribution is 6.02. The smallest absolute Gasteiger partial charge is 0.230 e. The molecule has 3 N–H and O–H groups in total. The fourth-order valence-corrected chi connectivity index (χ4v) is 8.59. The minimum atomic E-state index is -1.88. The van der Waals surface area contributed by atoms with Gasteiger partial charge in [0.25, 0.3) is 0 Å². The fourth-order valence-electron chi connectivity index (χ4n) is 8.59. The first-order valence-electron chi connectivity index (χ1n) is 15.3. The molecule has 3 aromatic rings. The average molecular weight is 581 g/mol. The summed E-state index contributed by atoms with van der Waals surface area (Å²) < 4.78 is 6.30. The van der Waals surface area contributed by atoms with Crippen molar-refractivity contribution >= 4 is 34.1 Å². The number of fused-ring (bicyclic) bond motifs is 5. The molecule has 9 heteroatoms. The van der Waals surface area contributed by atoms with Gasteiger partial charge in [0.2, 0.25) is 17.5 Å². The van der Waals surface area contributed by atoms with Crippen molar-refractivity contribution in [1.82, 2.24) is 20.1 Å². The molecule has 0 radical (unpaired) electrons. The van der Waals surface area contributed by atoms with Gasteiger partial charge in [-0.15, -0.1) is 0 Å². The maximum absolute atomic E-state index is 14.2.